The van der Waals surface area contributed by atoms with Crippen molar-refractivity contribution in [3.8, 4) is 0 Å². The Morgan fingerprint density at radius 2 is 1.78 bits per heavy atom. The third kappa shape index (κ3) is 6.97. The predicted octanol–water partition coefficient (Wildman–Crippen LogP) is 1.61. The molecule has 0 bridgehead atoms. The number of hydrogen-bond donors (Lipinski definition) is 2. The van der Waals surface area contributed by atoms with Crippen LogP contribution < -0.4 is 10.6 Å². The van der Waals surface area contributed by atoms with Crippen molar-refractivity contribution >= 4 is 5.91 Å². The first-order valence-corrected chi connectivity index (χ1v) is 7.14. The van der Waals surface area contributed by atoms with Crippen molar-refractivity contribution in [2.45, 2.75) is 59.5 Å². The number of hydrogen-bond acceptors (Lipinski definition) is 3. The molecule has 1 unspecified atom stereocenters. The molecule has 0 fully saturated rings. The number of nitrogens with one attached hydrogen (secondary N) is 2. The zero-order valence-corrected chi connectivity index (χ0v) is 13.0. The maximum Gasteiger partial charge on any atom is 0.237 e. The summed E-state index contributed by atoms with van der Waals surface area (Å²) in [7, 11) is 0. The highest BCUT2D eigenvalue weighted by molar-refractivity contribution is 5.81. The largest absolute Gasteiger partial charge is 0.350 e. The average molecular weight is 257 g/mol. The maximum absolute atomic E-state index is 11.9. The Morgan fingerprint density at radius 3 is 2.22 bits per heavy atom. The van der Waals surface area contributed by atoms with Gasteiger partial charge < -0.3 is 15.5 Å². The van der Waals surface area contributed by atoms with Crippen molar-refractivity contribution in [1.82, 2.24) is 15.5 Å². The van der Waals surface area contributed by atoms with Crippen LogP contribution >= 0.6 is 0 Å². The molecule has 0 saturated heterocycles. The number of carbonyl (C=O) groups is 1. The lowest BCUT2D eigenvalue weighted by molar-refractivity contribution is -0.124. The van der Waals surface area contributed by atoms with Gasteiger partial charge in [0.1, 0.15) is 0 Å². The van der Waals surface area contributed by atoms with E-state index in [4.69, 9.17) is 0 Å². The van der Waals surface area contributed by atoms with Crippen LogP contribution in [0.5, 0.6) is 0 Å². The molecule has 18 heavy (non-hydrogen) atoms. The van der Waals surface area contributed by atoms with E-state index < -0.39 is 0 Å². The van der Waals surface area contributed by atoms with E-state index in [-0.39, 0.29) is 17.5 Å². The Kier molecular flexibility index (Phi) is 8.20. The molecule has 0 rings (SSSR count). The highest BCUT2D eigenvalue weighted by Gasteiger charge is 2.21. The van der Waals surface area contributed by atoms with Gasteiger partial charge in [-0.1, -0.05) is 20.8 Å². The predicted molar refractivity (Wildman–Crippen MR) is 77.8 cm³/mol. The first kappa shape index (κ1) is 17.4. The zero-order valence-electron chi connectivity index (χ0n) is 13.0. The standard InChI is InChI=1S/C14H31N3O/c1-7-14(5,6)16-13(18)12(4)15-10-11-17(8-2)9-3/h12,15H,7-11H2,1-6H3,(H,16,18). The molecule has 0 aromatic heterocycles. The van der Waals surface area contributed by atoms with E-state index in [1.165, 1.54) is 0 Å². The van der Waals surface area contributed by atoms with Crippen LogP contribution in [-0.4, -0.2) is 48.6 Å². The third-order valence-corrected chi connectivity index (χ3v) is 3.51. The summed E-state index contributed by atoms with van der Waals surface area (Å²) < 4.78 is 0. The minimum Gasteiger partial charge on any atom is -0.350 e. The van der Waals surface area contributed by atoms with Crippen LogP contribution in [-0.2, 0) is 4.79 Å². The van der Waals surface area contributed by atoms with Gasteiger partial charge in [0.25, 0.3) is 0 Å². The molecule has 1 amide bonds. The number of amides is 1. The molecule has 0 radical (unpaired) electrons. The summed E-state index contributed by atoms with van der Waals surface area (Å²) in [5, 5.41) is 6.33. The van der Waals surface area contributed by atoms with Crippen molar-refractivity contribution < 1.29 is 4.79 Å². The van der Waals surface area contributed by atoms with E-state index in [0.717, 1.165) is 32.6 Å². The van der Waals surface area contributed by atoms with Crippen LogP contribution in [0.25, 0.3) is 0 Å². The van der Waals surface area contributed by atoms with Gasteiger partial charge in [-0.05, 0) is 40.3 Å². The molecule has 0 aliphatic carbocycles. The van der Waals surface area contributed by atoms with E-state index in [1.54, 1.807) is 0 Å². The summed E-state index contributed by atoms with van der Waals surface area (Å²) in [5.41, 5.74) is -0.119. The van der Waals surface area contributed by atoms with Crippen LogP contribution in [0.15, 0.2) is 0 Å². The van der Waals surface area contributed by atoms with Crippen molar-refractivity contribution in [1.29, 1.82) is 0 Å². The second-order valence-corrected chi connectivity index (χ2v) is 5.43. The number of nitrogens with zero attached hydrogens (tertiary/aromatic N) is 1. The van der Waals surface area contributed by atoms with Crippen LogP contribution in [0.3, 0.4) is 0 Å². The highest BCUT2D eigenvalue weighted by atomic mass is 16.2. The van der Waals surface area contributed by atoms with Crippen molar-refractivity contribution in [2.24, 2.45) is 0 Å². The molecule has 0 aromatic rings. The number of rotatable bonds is 9. The first-order valence-electron chi connectivity index (χ1n) is 7.14. The van der Waals surface area contributed by atoms with E-state index in [9.17, 15) is 4.79 Å². The van der Waals surface area contributed by atoms with E-state index >= 15 is 0 Å². The fourth-order valence-electron chi connectivity index (χ4n) is 1.60. The lowest BCUT2D eigenvalue weighted by Gasteiger charge is -2.27. The summed E-state index contributed by atoms with van der Waals surface area (Å²) >= 11 is 0. The summed E-state index contributed by atoms with van der Waals surface area (Å²) in [6.07, 6.45) is 0.935. The number of likely N-dealkylation sites (N-methyl/N-ethyl adjacent to an activating group) is 1. The van der Waals surface area contributed by atoms with Gasteiger partial charge in [0.15, 0.2) is 0 Å². The van der Waals surface area contributed by atoms with E-state index in [0.29, 0.717) is 0 Å². The molecule has 0 aromatic carbocycles. The summed E-state index contributed by atoms with van der Waals surface area (Å²) in [5.74, 6) is 0.0846. The molecule has 1 atom stereocenters. The monoisotopic (exact) mass is 257 g/mol. The fraction of sp³-hybridized carbons (Fsp3) is 0.929. The fourth-order valence-corrected chi connectivity index (χ4v) is 1.60. The van der Waals surface area contributed by atoms with Gasteiger partial charge in [0.05, 0.1) is 6.04 Å². The Bertz CT molecular complexity index is 237. The van der Waals surface area contributed by atoms with Gasteiger partial charge in [0, 0.05) is 18.6 Å². The third-order valence-electron chi connectivity index (χ3n) is 3.51. The van der Waals surface area contributed by atoms with E-state index in [2.05, 4.69) is 36.3 Å². The molecule has 4 heteroatoms. The van der Waals surface area contributed by atoms with Gasteiger partial charge in [-0.2, -0.15) is 0 Å². The first-order chi connectivity index (χ1) is 8.36. The lowest BCUT2D eigenvalue weighted by atomic mass is 10.0. The molecule has 2 N–H and O–H groups in total. The molecule has 0 heterocycles. The summed E-state index contributed by atoms with van der Waals surface area (Å²) in [6.45, 7) is 16.4. The average Bonchev–Trinajstić information content (AvgIpc) is 2.33. The summed E-state index contributed by atoms with van der Waals surface area (Å²) in [6, 6.07) is -0.133. The molecule has 0 aliphatic heterocycles. The van der Waals surface area contributed by atoms with Crippen molar-refractivity contribution in [3.05, 3.63) is 0 Å². The van der Waals surface area contributed by atoms with E-state index in [1.807, 2.05) is 20.8 Å². The van der Waals surface area contributed by atoms with Gasteiger partial charge in [-0.25, -0.2) is 0 Å². The topological polar surface area (TPSA) is 44.4 Å². The molecule has 0 spiro atoms. The molecule has 0 aliphatic rings. The second kappa shape index (κ2) is 8.48. The Morgan fingerprint density at radius 1 is 1.22 bits per heavy atom. The molecular weight excluding hydrogens is 226 g/mol. The minimum absolute atomic E-state index is 0.0846. The van der Waals surface area contributed by atoms with Crippen molar-refractivity contribution in [2.75, 3.05) is 26.2 Å². The molecular formula is C14H31N3O. The van der Waals surface area contributed by atoms with Gasteiger partial charge in [-0.3, -0.25) is 4.79 Å². The quantitative estimate of drug-likeness (QED) is 0.659. The SMILES string of the molecule is CCN(CC)CCNC(C)C(=O)NC(C)(C)CC. The van der Waals surface area contributed by atoms with Crippen LogP contribution in [0.4, 0.5) is 0 Å². The van der Waals surface area contributed by atoms with Gasteiger partial charge in [0.2, 0.25) is 5.91 Å². The smallest absolute Gasteiger partial charge is 0.237 e. The molecule has 108 valence electrons. The maximum atomic E-state index is 11.9. The Balaban J connectivity index is 3.95. The van der Waals surface area contributed by atoms with Crippen molar-refractivity contribution in [3.63, 3.8) is 0 Å². The Labute approximate surface area is 113 Å². The summed E-state index contributed by atoms with van der Waals surface area (Å²) in [4.78, 5) is 14.3. The molecule has 0 saturated carbocycles. The zero-order chi connectivity index (χ0) is 14.2. The Hall–Kier alpha value is -0.610. The van der Waals surface area contributed by atoms with Gasteiger partial charge in [-0.15, -0.1) is 0 Å². The van der Waals surface area contributed by atoms with Crippen LogP contribution in [0.1, 0.15) is 48.0 Å². The minimum atomic E-state index is -0.133. The normalized spacial score (nSPS) is 13.7. The second-order valence-electron chi connectivity index (χ2n) is 5.43. The van der Waals surface area contributed by atoms with Crippen LogP contribution in [0.2, 0.25) is 0 Å². The van der Waals surface area contributed by atoms with Crippen LogP contribution in [0, 0.1) is 0 Å². The highest BCUT2D eigenvalue weighted by Crippen LogP contribution is 2.06. The number of carbonyl (C=O) groups excluding carboxylic acids is 1. The molecule has 4 nitrogen and oxygen atoms in total. The van der Waals surface area contributed by atoms with Gasteiger partial charge >= 0.3 is 0 Å². The lowest BCUT2D eigenvalue weighted by Crippen LogP contribution is -2.51.